The molecule has 0 spiro atoms. The molecular weight excluding hydrogens is 232 g/mol. The normalized spacial score (nSPS) is 9.67. The molecule has 0 radical (unpaired) electrons. The first-order chi connectivity index (χ1) is 8.67. The van der Waals surface area contributed by atoms with Crippen LogP contribution in [0.2, 0.25) is 0 Å². The minimum atomic E-state index is -0.519. The van der Waals surface area contributed by atoms with Crippen molar-refractivity contribution in [1.29, 1.82) is 0 Å². The van der Waals surface area contributed by atoms with Gasteiger partial charge < -0.3 is 10.1 Å². The van der Waals surface area contributed by atoms with Crippen LogP contribution in [0, 0.1) is 0 Å². The third kappa shape index (κ3) is 4.45. The fraction of sp³-hybridized carbons (Fsp3) is 0.385. The van der Waals surface area contributed by atoms with Gasteiger partial charge in [0.1, 0.15) is 12.3 Å². The van der Waals surface area contributed by atoms with Crippen LogP contribution in [0.3, 0.4) is 0 Å². The van der Waals surface area contributed by atoms with Crippen LogP contribution in [0.25, 0.3) is 0 Å². The molecule has 0 aliphatic carbocycles. The molecular formula is C13H18N2O3. The lowest BCUT2D eigenvalue weighted by Gasteiger charge is -2.19. The number of nitrogens with one attached hydrogen (secondary N) is 1. The Labute approximate surface area is 107 Å². The topological polar surface area (TPSA) is 58.6 Å². The molecule has 0 bridgehead atoms. The maximum absolute atomic E-state index is 11.8. The lowest BCUT2D eigenvalue weighted by Crippen LogP contribution is -2.41. The first kappa shape index (κ1) is 14.0. The number of nitrogens with zero attached hydrogens (tertiary/aromatic N) is 1. The third-order valence-electron chi connectivity index (χ3n) is 2.30. The van der Waals surface area contributed by atoms with Crippen molar-refractivity contribution in [2.45, 2.75) is 13.8 Å². The Morgan fingerprint density at radius 1 is 1.22 bits per heavy atom. The number of ether oxygens (including phenoxy) is 1. The van der Waals surface area contributed by atoms with E-state index >= 15 is 0 Å². The molecule has 98 valence electrons. The molecule has 1 N–H and O–H groups in total. The summed E-state index contributed by atoms with van der Waals surface area (Å²) in [7, 11) is 0. The van der Waals surface area contributed by atoms with E-state index in [9.17, 15) is 9.59 Å². The van der Waals surface area contributed by atoms with E-state index in [4.69, 9.17) is 4.74 Å². The average Bonchev–Trinajstić information content (AvgIpc) is 2.37. The molecule has 0 unspecified atom stereocenters. The van der Waals surface area contributed by atoms with Gasteiger partial charge in [0, 0.05) is 13.1 Å². The van der Waals surface area contributed by atoms with Crippen molar-refractivity contribution in [3.05, 3.63) is 30.3 Å². The molecule has 5 nitrogen and oxygen atoms in total. The van der Waals surface area contributed by atoms with E-state index < -0.39 is 6.09 Å². The van der Waals surface area contributed by atoms with Gasteiger partial charge in [-0.2, -0.15) is 0 Å². The second-order valence-corrected chi connectivity index (χ2v) is 3.65. The summed E-state index contributed by atoms with van der Waals surface area (Å²) in [6, 6.07) is 8.78. The fourth-order valence-corrected chi connectivity index (χ4v) is 1.39. The number of carbonyl (C=O) groups is 2. The van der Waals surface area contributed by atoms with Gasteiger partial charge in [0.05, 0.1) is 0 Å². The van der Waals surface area contributed by atoms with E-state index in [0.29, 0.717) is 18.8 Å². The van der Waals surface area contributed by atoms with Crippen molar-refractivity contribution in [2.24, 2.45) is 0 Å². The Morgan fingerprint density at radius 2 is 1.89 bits per heavy atom. The molecule has 1 rings (SSSR count). The summed E-state index contributed by atoms with van der Waals surface area (Å²) < 4.78 is 5.15. The zero-order chi connectivity index (χ0) is 13.4. The highest BCUT2D eigenvalue weighted by atomic mass is 16.6. The van der Waals surface area contributed by atoms with Crippen molar-refractivity contribution in [1.82, 2.24) is 10.2 Å². The van der Waals surface area contributed by atoms with Gasteiger partial charge in [-0.15, -0.1) is 0 Å². The third-order valence-corrected chi connectivity index (χ3v) is 2.30. The van der Waals surface area contributed by atoms with Crippen LogP contribution >= 0.6 is 0 Å². The number of benzene rings is 1. The Kier molecular flexibility index (Phi) is 5.70. The molecule has 0 heterocycles. The van der Waals surface area contributed by atoms with Gasteiger partial charge >= 0.3 is 6.09 Å². The molecule has 0 aliphatic rings. The number of hydrogen-bond donors (Lipinski definition) is 1. The summed E-state index contributed by atoms with van der Waals surface area (Å²) in [5, 5.41) is 2.64. The highest BCUT2D eigenvalue weighted by Crippen LogP contribution is 2.10. The summed E-state index contributed by atoms with van der Waals surface area (Å²) in [6.07, 6.45) is -0.519. The number of para-hydroxylation sites is 1. The SMILES string of the molecule is CCNC(=O)CN(CC)C(=O)Oc1ccccc1. The number of likely N-dealkylation sites (N-methyl/N-ethyl adjacent to an activating group) is 2. The Balaban J connectivity index is 2.54. The van der Waals surface area contributed by atoms with Gasteiger partial charge in [0.15, 0.2) is 0 Å². The van der Waals surface area contributed by atoms with Crippen LogP contribution in [-0.4, -0.2) is 36.5 Å². The van der Waals surface area contributed by atoms with Crippen molar-refractivity contribution in [2.75, 3.05) is 19.6 Å². The maximum Gasteiger partial charge on any atom is 0.415 e. The quantitative estimate of drug-likeness (QED) is 0.864. The molecule has 0 atom stereocenters. The van der Waals surface area contributed by atoms with Crippen LogP contribution in [0.15, 0.2) is 30.3 Å². The molecule has 0 aliphatic heterocycles. The molecule has 0 fully saturated rings. The van der Waals surface area contributed by atoms with E-state index in [0.717, 1.165) is 0 Å². The van der Waals surface area contributed by atoms with Gasteiger partial charge in [-0.25, -0.2) is 4.79 Å². The number of carbonyl (C=O) groups excluding carboxylic acids is 2. The minimum absolute atomic E-state index is 0.00993. The summed E-state index contributed by atoms with van der Waals surface area (Å²) in [4.78, 5) is 24.6. The molecule has 0 saturated heterocycles. The van der Waals surface area contributed by atoms with Crippen molar-refractivity contribution >= 4 is 12.0 Å². The van der Waals surface area contributed by atoms with E-state index in [2.05, 4.69) is 5.32 Å². The average molecular weight is 250 g/mol. The lowest BCUT2D eigenvalue weighted by molar-refractivity contribution is -0.121. The van der Waals surface area contributed by atoms with Crippen LogP contribution in [0.5, 0.6) is 5.75 Å². The maximum atomic E-state index is 11.8. The first-order valence-corrected chi connectivity index (χ1v) is 5.95. The Hall–Kier alpha value is -2.04. The monoisotopic (exact) mass is 250 g/mol. The summed E-state index contributed by atoms with van der Waals surface area (Å²) >= 11 is 0. The predicted octanol–water partition coefficient (Wildman–Crippen LogP) is 1.64. The van der Waals surface area contributed by atoms with Gasteiger partial charge in [0.2, 0.25) is 5.91 Å². The zero-order valence-electron chi connectivity index (χ0n) is 10.7. The van der Waals surface area contributed by atoms with E-state index in [-0.39, 0.29) is 12.5 Å². The number of rotatable bonds is 5. The largest absolute Gasteiger partial charge is 0.415 e. The fourth-order valence-electron chi connectivity index (χ4n) is 1.39. The lowest BCUT2D eigenvalue weighted by atomic mass is 10.3. The molecule has 1 aromatic rings. The number of hydrogen-bond acceptors (Lipinski definition) is 3. The molecule has 18 heavy (non-hydrogen) atoms. The minimum Gasteiger partial charge on any atom is -0.410 e. The van der Waals surface area contributed by atoms with Gasteiger partial charge in [0.25, 0.3) is 0 Å². The van der Waals surface area contributed by atoms with Crippen LogP contribution in [0.1, 0.15) is 13.8 Å². The van der Waals surface area contributed by atoms with E-state index in [1.807, 2.05) is 13.0 Å². The van der Waals surface area contributed by atoms with Crippen LogP contribution < -0.4 is 10.1 Å². The first-order valence-electron chi connectivity index (χ1n) is 5.95. The Bertz CT molecular complexity index is 392. The van der Waals surface area contributed by atoms with Gasteiger partial charge in [-0.05, 0) is 26.0 Å². The molecule has 1 aromatic carbocycles. The van der Waals surface area contributed by atoms with Crippen molar-refractivity contribution in [3.63, 3.8) is 0 Å². The van der Waals surface area contributed by atoms with Crippen molar-refractivity contribution in [3.8, 4) is 5.75 Å². The standard InChI is InChI=1S/C13H18N2O3/c1-3-14-12(16)10-15(4-2)13(17)18-11-8-6-5-7-9-11/h5-9H,3-4,10H2,1-2H3,(H,14,16). The summed E-state index contributed by atoms with van der Waals surface area (Å²) in [5.41, 5.74) is 0. The molecule has 2 amide bonds. The zero-order valence-corrected chi connectivity index (χ0v) is 10.7. The highest BCUT2D eigenvalue weighted by molar-refractivity contribution is 5.82. The van der Waals surface area contributed by atoms with E-state index in [1.165, 1.54) is 4.90 Å². The van der Waals surface area contributed by atoms with Gasteiger partial charge in [-0.1, -0.05) is 18.2 Å². The second-order valence-electron chi connectivity index (χ2n) is 3.65. The van der Waals surface area contributed by atoms with Gasteiger partial charge in [-0.3, -0.25) is 9.69 Å². The highest BCUT2D eigenvalue weighted by Gasteiger charge is 2.16. The van der Waals surface area contributed by atoms with Crippen LogP contribution in [0.4, 0.5) is 4.79 Å². The van der Waals surface area contributed by atoms with Crippen molar-refractivity contribution < 1.29 is 14.3 Å². The summed E-state index contributed by atoms with van der Waals surface area (Å²) in [6.45, 7) is 4.60. The second kappa shape index (κ2) is 7.32. The predicted molar refractivity (Wildman–Crippen MR) is 68.4 cm³/mol. The molecule has 0 saturated carbocycles. The molecule has 5 heteroatoms. The van der Waals surface area contributed by atoms with E-state index in [1.54, 1.807) is 31.2 Å². The molecule has 0 aromatic heterocycles. The smallest absolute Gasteiger partial charge is 0.410 e. The van der Waals surface area contributed by atoms with Crippen LogP contribution in [-0.2, 0) is 4.79 Å². The summed E-state index contributed by atoms with van der Waals surface area (Å²) in [5.74, 6) is 0.279. The Morgan fingerprint density at radius 3 is 2.44 bits per heavy atom. The number of amides is 2.